The summed E-state index contributed by atoms with van der Waals surface area (Å²) in [4.78, 5) is 0. The van der Waals surface area contributed by atoms with Gasteiger partial charge in [0.25, 0.3) is 0 Å². The van der Waals surface area contributed by atoms with Gasteiger partial charge in [0.2, 0.25) is 0 Å². The Kier molecular flexibility index (Phi) is 3.95. The van der Waals surface area contributed by atoms with Crippen molar-refractivity contribution in [2.75, 3.05) is 5.75 Å². The molecule has 1 heteroatoms. The van der Waals surface area contributed by atoms with Crippen LogP contribution in [0.15, 0.2) is 30.8 Å². The molecule has 0 bridgehead atoms. The summed E-state index contributed by atoms with van der Waals surface area (Å²) in [5, 5.41) is 0. The van der Waals surface area contributed by atoms with Crippen LogP contribution in [0.25, 0.3) is 6.08 Å². The Hall–Kier alpha value is -0.690. The first-order chi connectivity index (χ1) is 5.86. The Balaban J connectivity index is 2.66. The van der Waals surface area contributed by atoms with Crippen LogP contribution in [0, 0.1) is 0 Å². The second-order valence-electron chi connectivity index (χ2n) is 2.59. The van der Waals surface area contributed by atoms with Gasteiger partial charge >= 0.3 is 0 Å². The fourth-order valence-corrected chi connectivity index (χ4v) is 1.65. The second-order valence-corrected chi connectivity index (χ2v) is 3.86. The fourth-order valence-electron chi connectivity index (χ4n) is 1.03. The van der Waals surface area contributed by atoms with Crippen molar-refractivity contribution in [2.45, 2.75) is 12.7 Å². The van der Waals surface area contributed by atoms with E-state index in [-0.39, 0.29) is 0 Å². The molecule has 0 unspecified atom stereocenters. The lowest BCUT2D eigenvalue weighted by atomic mass is 10.1. The van der Waals surface area contributed by atoms with E-state index < -0.39 is 0 Å². The van der Waals surface area contributed by atoms with Gasteiger partial charge in [-0.3, -0.25) is 0 Å². The minimum absolute atomic E-state index is 1.11. The highest BCUT2D eigenvalue weighted by molar-refractivity contribution is 7.98. The Morgan fingerprint density at radius 2 is 2.33 bits per heavy atom. The molecule has 0 N–H and O–H groups in total. The zero-order valence-corrected chi connectivity index (χ0v) is 8.23. The molecule has 0 atom stereocenters. The van der Waals surface area contributed by atoms with Crippen LogP contribution < -0.4 is 0 Å². The first-order valence-electron chi connectivity index (χ1n) is 4.16. The maximum Gasteiger partial charge on any atom is 0.0184 e. The minimum Gasteiger partial charge on any atom is -0.157 e. The van der Waals surface area contributed by atoms with E-state index >= 15 is 0 Å². The fraction of sp³-hybridized carbons (Fsp3) is 0.273. The molecule has 0 radical (unpaired) electrons. The summed E-state index contributed by atoms with van der Waals surface area (Å²) in [6.45, 7) is 5.93. The van der Waals surface area contributed by atoms with Gasteiger partial charge in [0.1, 0.15) is 0 Å². The average Bonchev–Trinajstić information content (AvgIpc) is 2.15. The molecule has 64 valence electrons. The molecule has 0 saturated carbocycles. The molecule has 0 fully saturated rings. The molecule has 1 rings (SSSR count). The van der Waals surface area contributed by atoms with Crippen LogP contribution in [0.4, 0.5) is 0 Å². The Morgan fingerprint density at radius 3 is 3.00 bits per heavy atom. The normalized spacial score (nSPS) is 9.75. The van der Waals surface area contributed by atoms with E-state index in [0.717, 1.165) is 5.75 Å². The summed E-state index contributed by atoms with van der Waals surface area (Å²) in [5.41, 5.74) is 2.60. The van der Waals surface area contributed by atoms with Gasteiger partial charge in [-0.05, 0) is 16.9 Å². The number of thioether (sulfide) groups is 1. The summed E-state index contributed by atoms with van der Waals surface area (Å²) in [7, 11) is 0. The highest BCUT2D eigenvalue weighted by Crippen LogP contribution is 2.13. The van der Waals surface area contributed by atoms with E-state index in [0.29, 0.717) is 0 Å². The van der Waals surface area contributed by atoms with Crippen molar-refractivity contribution >= 4 is 17.8 Å². The van der Waals surface area contributed by atoms with E-state index in [1.807, 2.05) is 17.8 Å². The van der Waals surface area contributed by atoms with Crippen LogP contribution in [0.5, 0.6) is 0 Å². The third kappa shape index (κ3) is 2.74. The standard InChI is InChI=1S/C11H14S/c1-3-10-6-5-7-11(8-10)9-12-4-2/h3,5-8H,1,4,9H2,2H3. The van der Waals surface area contributed by atoms with Crippen LogP contribution in [0.3, 0.4) is 0 Å². The molecule has 0 heterocycles. The van der Waals surface area contributed by atoms with Crippen LogP contribution >= 0.6 is 11.8 Å². The maximum atomic E-state index is 3.75. The summed E-state index contributed by atoms with van der Waals surface area (Å²) >= 11 is 1.95. The van der Waals surface area contributed by atoms with Gasteiger partial charge in [-0.15, -0.1) is 0 Å². The molecule has 0 saturated heterocycles. The lowest BCUT2D eigenvalue weighted by Crippen LogP contribution is -1.81. The predicted molar refractivity (Wildman–Crippen MR) is 58.4 cm³/mol. The smallest absolute Gasteiger partial charge is 0.0184 e. The summed E-state index contributed by atoms with van der Waals surface area (Å²) in [5.74, 6) is 2.29. The van der Waals surface area contributed by atoms with Gasteiger partial charge in [0.05, 0.1) is 0 Å². The number of benzene rings is 1. The lowest BCUT2D eigenvalue weighted by Gasteiger charge is -2.00. The third-order valence-electron chi connectivity index (χ3n) is 1.66. The monoisotopic (exact) mass is 178 g/mol. The summed E-state index contributed by atoms with van der Waals surface area (Å²) < 4.78 is 0. The van der Waals surface area contributed by atoms with Crippen LogP contribution in [-0.2, 0) is 5.75 Å². The number of hydrogen-bond donors (Lipinski definition) is 0. The van der Waals surface area contributed by atoms with Gasteiger partial charge in [-0.25, -0.2) is 0 Å². The van der Waals surface area contributed by atoms with Gasteiger partial charge in [0.15, 0.2) is 0 Å². The SMILES string of the molecule is C=Cc1cccc(CSCC)c1. The Labute approximate surface area is 78.7 Å². The van der Waals surface area contributed by atoms with Crippen LogP contribution in [0.2, 0.25) is 0 Å². The van der Waals surface area contributed by atoms with Gasteiger partial charge in [-0.1, -0.05) is 43.8 Å². The molecule has 0 nitrogen and oxygen atoms in total. The van der Waals surface area contributed by atoms with Crippen LogP contribution in [0.1, 0.15) is 18.1 Å². The van der Waals surface area contributed by atoms with Gasteiger partial charge < -0.3 is 0 Å². The number of hydrogen-bond acceptors (Lipinski definition) is 1. The second kappa shape index (κ2) is 5.04. The maximum absolute atomic E-state index is 3.75. The first kappa shape index (κ1) is 9.40. The van der Waals surface area contributed by atoms with E-state index in [1.165, 1.54) is 16.9 Å². The molecule has 1 aromatic rings. The lowest BCUT2D eigenvalue weighted by molar-refractivity contribution is 1.39. The molecule has 0 spiro atoms. The first-order valence-corrected chi connectivity index (χ1v) is 5.31. The molecular formula is C11H14S. The number of rotatable bonds is 4. The molecule has 1 aromatic carbocycles. The van der Waals surface area contributed by atoms with E-state index in [2.05, 4.69) is 37.8 Å². The molecule has 0 amide bonds. The van der Waals surface area contributed by atoms with Crippen LogP contribution in [-0.4, -0.2) is 5.75 Å². The Morgan fingerprint density at radius 1 is 1.50 bits per heavy atom. The van der Waals surface area contributed by atoms with E-state index in [9.17, 15) is 0 Å². The van der Waals surface area contributed by atoms with Crippen molar-refractivity contribution < 1.29 is 0 Å². The highest BCUT2D eigenvalue weighted by atomic mass is 32.2. The minimum atomic E-state index is 1.11. The van der Waals surface area contributed by atoms with Crippen molar-refractivity contribution in [2.24, 2.45) is 0 Å². The van der Waals surface area contributed by atoms with Crippen molar-refractivity contribution in [1.29, 1.82) is 0 Å². The van der Waals surface area contributed by atoms with Crippen molar-refractivity contribution in [3.63, 3.8) is 0 Å². The molecular weight excluding hydrogens is 164 g/mol. The molecule has 0 aliphatic heterocycles. The summed E-state index contributed by atoms with van der Waals surface area (Å²) in [6, 6.07) is 8.51. The topological polar surface area (TPSA) is 0 Å². The third-order valence-corrected chi connectivity index (χ3v) is 2.61. The molecule has 0 aliphatic rings. The van der Waals surface area contributed by atoms with Crippen molar-refractivity contribution in [3.8, 4) is 0 Å². The molecule has 0 aliphatic carbocycles. The summed E-state index contributed by atoms with van der Waals surface area (Å²) in [6.07, 6.45) is 1.89. The zero-order chi connectivity index (χ0) is 8.81. The average molecular weight is 178 g/mol. The quantitative estimate of drug-likeness (QED) is 0.679. The van der Waals surface area contributed by atoms with E-state index in [4.69, 9.17) is 0 Å². The molecule has 0 aromatic heterocycles. The molecule has 12 heavy (non-hydrogen) atoms. The predicted octanol–water partition coefficient (Wildman–Crippen LogP) is 3.58. The van der Waals surface area contributed by atoms with Crippen molar-refractivity contribution in [3.05, 3.63) is 42.0 Å². The van der Waals surface area contributed by atoms with Crippen molar-refractivity contribution in [1.82, 2.24) is 0 Å². The largest absolute Gasteiger partial charge is 0.157 e. The van der Waals surface area contributed by atoms with Gasteiger partial charge in [-0.2, -0.15) is 11.8 Å². The Bertz CT molecular complexity index is 253. The van der Waals surface area contributed by atoms with E-state index in [1.54, 1.807) is 0 Å². The van der Waals surface area contributed by atoms with Gasteiger partial charge in [0, 0.05) is 5.75 Å². The zero-order valence-electron chi connectivity index (χ0n) is 7.42. The highest BCUT2D eigenvalue weighted by Gasteiger charge is 1.92.